The van der Waals surface area contributed by atoms with Gasteiger partial charge in [0.25, 0.3) is 0 Å². The van der Waals surface area contributed by atoms with Crippen LogP contribution >= 0.6 is 0 Å². The van der Waals surface area contributed by atoms with Gasteiger partial charge in [0.2, 0.25) is 5.91 Å². The second kappa shape index (κ2) is 9.75. The van der Waals surface area contributed by atoms with Crippen molar-refractivity contribution in [3.63, 3.8) is 0 Å². The maximum absolute atomic E-state index is 12.0. The molecule has 2 rings (SSSR count). The summed E-state index contributed by atoms with van der Waals surface area (Å²) in [7, 11) is 0. The molecule has 2 fully saturated rings. The van der Waals surface area contributed by atoms with Crippen molar-refractivity contribution in [3.8, 4) is 0 Å². The molecular formula is C17H32N4O2. The molecule has 3 amide bonds. The monoisotopic (exact) mass is 324 g/mol. The van der Waals surface area contributed by atoms with Gasteiger partial charge in [-0.25, -0.2) is 4.79 Å². The predicted molar refractivity (Wildman–Crippen MR) is 91.2 cm³/mol. The second-order valence-corrected chi connectivity index (χ2v) is 6.98. The zero-order valence-corrected chi connectivity index (χ0v) is 14.3. The van der Waals surface area contributed by atoms with Crippen LogP contribution in [0.4, 0.5) is 4.79 Å². The van der Waals surface area contributed by atoms with E-state index in [4.69, 9.17) is 0 Å². The lowest BCUT2D eigenvalue weighted by molar-refractivity contribution is -0.122. The third-order valence-corrected chi connectivity index (χ3v) is 4.98. The van der Waals surface area contributed by atoms with Crippen LogP contribution in [0.1, 0.15) is 58.3 Å². The van der Waals surface area contributed by atoms with E-state index in [1.165, 1.54) is 19.3 Å². The van der Waals surface area contributed by atoms with Gasteiger partial charge in [0.1, 0.15) is 0 Å². The largest absolute Gasteiger partial charge is 0.352 e. The van der Waals surface area contributed by atoms with Crippen LogP contribution in [0.3, 0.4) is 0 Å². The summed E-state index contributed by atoms with van der Waals surface area (Å²) in [6, 6.07) is 0.466. The maximum atomic E-state index is 12.0. The van der Waals surface area contributed by atoms with Gasteiger partial charge in [-0.15, -0.1) is 0 Å². The Labute approximate surface area is 139 Å². The summed E-state index contributed by atoms with van der Waals surface area (Å²) in [6.07, 6.45) is 8.12. The number of carbonyl (C=O) groups excluding carboxylic acids is 2. The second-order valence-electron chi connectivity index (χ2n) is 6.98. The van der Waals surface area contributed by atoms with Crippen LogP contribution in [0.5, 0.6) is 0 Å². The molecule has 23 heavy (non-hydrogen) atoms. The molecule has 0 spiro atoms. The number of piperidine rings is 1. The molecule has 1 aliphatic carbocycles. The molecule has 0 bridgehead atoms. The third-order valence-electron chi connectivity index (χ3n) is 4.98. The summed E-state index contributed by atoms with van der Waals surface area (Å²) in [5.41, 5.74) is 0. The van der Waals surface area contributed by atoms with Crippen LogP contribution in [0.15, 0.2) is 0 Å². The van der Waals surface area contributed by atoms with Gasteiger partial charge in [-0.1, -0.05) is 26.2 Å². The minimum absolute atomic E-state index is 0.0834. The average molecular weight is 324 g/mol. The smallest absolute Gasteiger partial charge is 0.315 e. The van der Waals surface area contributed by atoms with Crippen molar-refractivity contribution in [3.05, 3.63) is 0 Å². The lowest BCUT2D eigenvalue weighted by Gasteiger charge is -2.30. The van der Waals surface area contributed by atoms with E-state index in [1.807, 2.05) is 0 Å². The lowest BCUT2D eigenvalue weighted by atomic mass is 9.95. The van der Waals surface area contributed by atoms with Crippen LogP contribution in [0, 0.1) is 5.92 Å². The van der Waals surface area contributed by atoms with Crippen LogP contribution in [-0.4, -0.2) is 43.7 Å². The highest BCUT2D eigenvalue weighted by Crippen LogP contribution is 2.17. The van der Waals surface area contributed by atoms with Crippen molar-refractivity contribution in [1.29, 1.82) is 0 Å². The molecule has 6 heteroatoms. The topological polar surface area (TPSA) is 82.3 Å². The van der Waals surface area contributed by atoms with Gasteiger partial charge in [0.15, 0.2) is 0 Å². The fraction of sp³-hybridized carbons (Fsp3) is 0.882. The van der Waals surface area contributed by atoms with Gasteiger partial charge in [0.05, 0.1) is 0 Å². The predicted octanol–water partition coefficient (Wildman–Crippen LogP) is 1.51. The van der Waals surface area contributed by atoms with Crippen LogP contribution in [-0.2, 0) is 4.79 Å². The van der Waals surface area contributed by atoms with Crippen LogP contribution in [0.25, 0.3) is 0 Å². The van der Waals surface area contributed by atoms with E-state index in [0.717, 1.165) is 32.4 Å². The van der Waals surface area contributed by atoms with Gasteiger partial charge in [-0.2, -0.15) is 0 Å². The minimum Gasteiger partial charge on any atom is -0.352 e. The first-order valence-corrected chi connectivity index (χ1v) is 9.19. The van der Waals surface area contributed by atoms with Crippen molar-refractivity contribution in [2.75, 3.05) is 19.6 Å². The SMILES string of the molecule is CC1CCNCC1NC(=O)CCCNC(=O)NC1CCCCC1. The highest BCUT2D eigenvalue weighted by molar-refractivity contribution is 5.76. The van der Waals surface area contributed by atoms with Gasteiger partial charge in [-0.3, -0.25) is 4.79 Å². The van der Waals surface area contributed by atoms with E-state index in [2.05, 4.69) is 28.2 Å². The highest BCUT2D eigenvalue weighted by atomic mass is 16.2. The van der Waals surface area contributed by atoms with Gasteiger partial charge in [-0.05, 0) is 38.1 Å². The molecule has 0 aromatic heterocycles. The number of urea groups is 1. The zero-order valence-electron chi connectivity index (χ0n) is 14.3. The fourth-order valence-corrected chi connectivity index (χ4v) is 3.40. The fourth-order valence-electron chi connectivity index (χ4n) is 3.40. The first-order chi connectivity index (χ1) is 11.1. The standard InChI is InChI=1S/C17H32N4O2/c1-13-9-11-18-12-15(13)21-16(22)8-5-10-19-17(23)20-14-6-3-2-4-7-14/h13-15,18H,2-12H2,1H3,(H,21,22)(H2,19,20,23). The first-order valence-electron chi connectivity index (χ1n) is 9.19. The molecule has 2 unspecified atom stereocenters. The number of rotatable bonds is 6. The lowest BCUT2D eigenvalue weighted by Crippen LogP contribution is -2.50. The molecule has 1 saturated carbocycles. The molecule has 6 nitrogen and oxygen atoms in total. The molecular weight excluding hydrogens is 292 g/mol. The first kappa shape index (κ1) is 18.0. The van der Waals surface area contributed by atoms with E-state index in [0.29, 0.717) is 31.3 Å². The van der Waals surface area contributed by atoms with Crippen molar-refractivity contribution in [2.24, 2.45) is 5.92 Å². The Hall–Kier alpha value is -1.30. The number of nitrogens with one attached hydrogen (secondary N) is 4. The Bertz CT molecular complexity index is 383. The summed E-state index contributed by atoms with van der Waals surface area (Å²) >= 11 is 0. The van der Waals surface area contributed by atoms with Gasteiger partial charge < -0.3 is 21.3 Å². The Balaban J connectivity index is 1.52. The molecule has 1 saturated heterocycles. The molecule has 4 N–H and O–H groups in total. The molecule has 1 aliphatic heterocycles. The minimum atomic E-state index is -0.0950. The summed E-state index contributed by atoms with van der Waals surface area (Å²) in [5.74, 6) is 0.611. The Morgan fingerprint density at radius 3 is 2.61 bits per heavy atom. The van der Waals surface area contributed by atoms with Gasteiger partial charge in [0, 0.05) is 31.6 Å². The van der Waals surface area contributed by atoms with Crippen LogP contribution < -0.4 is 21.3 Å². The Morgan fingerprint density at radius 1 is 1.09 bits per heavy atom. The van der Waals surface area contributed by atoms with Crippen molar-refractivity contribution >= 4 is 11.9 Å². The summed E-state index contributed by atoms with van der Waals surface area (Å²) in [6.45, 7) is 4.62. The Kier molecular flexibility index (Phi) is 7.65. The molecule has 2 aliphatic rings. The summed E-state index contributed by atoms with van der Waals surface area (Å²) in [5, 5.41) is 12.3. The highest BCUT2D eigenvalue weighted by Gasteiger charge is 2.22. The number of hydrogen-bond donors (Lipinski definition) is 4. The van der Waals surface area contributed by atoms with Crippen molar-refractivity contribution in [1.82, 2.24) is 21.3 Å². The number of carbonyl (C=O) groups is 2. The maximum Gasteiger partial charge on any atom is 0.315 e. The van der Waals surface area contributed by atoms with Crippen LogP contribution in [0.2, 0.25) is 0 Å². The van der Waals surface area contributed by atoms with E-state index in [1.54, 1.807) is 0 Å². The van der Waals surface area contributed by atoms with Crippen molar-refractivity contribution < 1.29 is 9.59 Å². The molecule has 1 heterocycles. The zero-order chi connectivity index (χ0) is 16.5. The van der Waals surface area contributed by atoms with E-state index in [-0.39, 0.29) is 18.0 Å². The van der Waals surface area contributed by atoms with Gasteiger partial charge >= 0.3 is 6.03 Å². The quantitative estimate of drug-likeness (QED) is 0.559. The Morgan fingerprint density at radius 2 is 1.87 bits per heavy atom. The number of amides is 3. The molecule has 0 aromatic rings. The van der Waals surface area contributed by atoms with E-state index >= 15 is 0 Å². The average Bonchev–Trinajstić information content (AvgIpc) is 2.55. The summed E-state index contributed by atoms with van der Waals surface area (Å²) in [4.78, 5) is 23.7. The third kappa shape index (κ3) is 6.77. The van der Waals surface area contributed by atoms with E-state index in [9.17, 15) is 9.59 Å². The van der Waals surface area contributed by atoms with E-state index < -0.39 is 0 Å². The normalized spacial score (nSPS) is 25.6. The molecule has 132 valence electrons. The molecule has 0 aromatic carbocycles. The molecule has 0 radical (unpaired) electrons. The molecule has 2 atom stereocenters. The van der Waals surface area contributed by atoms with Crippen molar-refractivity contribution in [2.45, 2.75) is 70.4 Å². The number of hydrogen-bond acceptors (Lipinski definition) is 3. The summed E-state index contributed by atoms with van der Waals surface area (Å²) < 4.78 is 0.